The number of piperazine rings is 1. The molecule has 0 amide bonds. The van der Waals surface area contributed by atoms with E-state index in [1.165, 1.54) is 0 Å². The van der Waals surface area contributed by atoms with Crippen LogP contribution in [-0.4, -0.2) is 31.1 Å². The second-order valence-electron chi connectivity index (χ2n) is 5.36. The summed E-state index contributed by atoms with van der Waals surface area (Å²) in [5.74, 6) is -2.33. The number of rotatable bonds is 3. The molecule has 1 aromatic rings. The van der Waals surface area contributed by atoms with Crippen LogP contribution in [0.3, 0.4) is 0 Å². The van der Waals surface area contributed by atoms with Gasteiger partial charge in [0.1, 0.15) is 5.82 Å². The highest BCUT2D eigenvalue weighted by Gasteiger charge is 2.38. The summed E-state index contributed by atoms with van der Waals surface area (Å²) >= 11 is 0. The standard InChI is InChI=1S/C14H17F3N2.2ClH/c15-11-8-13(17)12(16)7-10(11)14(9-1-2-9)19-5-3-18-4-6-19;;/h7-9,14,18H,1-6H2;2*1H/t14-;;/m0../s1. The minimum Gasteiger partial charge on any atom is -0.314 e. The second kappa shape index (κ2) is 7.68. The summed E-state index contributed by atoms with van der Waals surface area (Å²) in [5, 5.41) is 3.25. The van der Waals surface area contributed by atoms with E-state index >= 15 is 0 Å². The van der Waals surface area contributed by atoms with Crippen molar-refractivity contribution in [2.24, 2.45) is 5.92 Å². The topological polar surface area (TPSA) is 15.3 Å². The lowest BCUT2D eigenvalue weighted by atomic mass is 9.99. The number of hydrogen-bond acceptors (Lipinski definition) is 2. The fourth-order valence-corrected chi connectivity index (χ4v) is 2.89. The van der Waals surface area contributed by atoms with Crippen molar-refractivity contribution in [2.45, 2.75) is 18.9 Å². The molecule has 3 rings (SSSR count). The molecule has 1 saturated heterocycles. The predicted molar refractivity (Wildman–Crippen MR) is 80.7 cm³/mol. The number of benzene rings is 1. The lowest BCUT2D eigenvalue weighted by Crippen LogP contribution is -2.45. The van der Waals surface area contributed by atoms with Crippen LogP contribution in [0.25, 0.3) is 0 Å². The van der Waals surface area contributed by atoms with E-state index in [0.29, 0.717) is 17.5 Å². The van der Waals surface area contributed by atoms with Crippen LogP contribution in [0, 0.1) is 23.4 Å². The van der Waals surface area contributed by atoms with Crippen molar-refractivity contribution < 1.29 is 13.2 Å². The first-order valence-electron chi connectivity index (χ1n) is 6.76. The maximum atomic E-state index is 14.0. The van der Waals surface area contributed by atoms with Gasteiger partial charge in [-0.3, -0.25) is 4.90 Å². The average Bonchev–Trinajstić information content (AvgIpc) is 3.22. The van der Waals surface area contributed by atoms with Gasteiger partial charge in [0.2, 0.25) is 0 Å². The van der Waals surface area contributed by atoms with E-state index in [2.05, 4.69) is 10.2 Å². The van der Waals surface area contributed by atoms with Crippen molar-refractivity contribution in [2.75, 3.05) is 26.2 Å². The molecule has 1 N–H and O–H groups in total. The fraction of sp³-hybridized carbons (Fsp3) is 0.571. The molecule has 1 aliphatic heterocycles. The summed E-state index contributed by atoms with van der Waals surface area (Å²) in [6.45, 7) is 3.35. The van der Waals surface area contributed by atoms with Gasteiger partial charge in [0.15, 0.2) is 11.6 Å². The molecule has 21 heavy (non-hydrogen) atoms. The third-order valence-corrected chi connectivity index (χ3v) is 3.97. The molecule has 7 heteroatoms. The summed E-state index contributed by atoms with van der Waals surface area (Å²) in [6, 6.07) is 1.59. The Kier molecular flexibility index (Phi) is 6.78. The maximum Gasteiger partial charge on any atom is 0.161 e. The molecular formula is C14H19Cl2F3N2. The summed E-state index contributed by atoms with van der Waals surface area (Å²) < 4.78 is 40.4. The van der Waals surface area contributed by atoms with Crippen molar-refractivity contribution in [1.29, 1.82) is 0 Å². The molecule has 2 aliphatic rings. The van der Waals surface area contributed by atoms with E-state index in [1.807, 2.05) is 0 Å². The minimum absolute atomic E-state index is 0. The molecule has 0 radical (unpaired) electrons. The van der Waals surface area contributed by atoms with Crippen LogP contribution in [0.1, 0.15) is 24.4 Å². The van der Waals surface area contributed by atoms with Gasteiger partial charge in [0.05, 0.1) is 0 Å². The van der Waals surface area contributed by atoms with Gasteiger partial charge in [-0.2, -0.15) is 0 Å². The summed E-state index contributed by atoms with van der Waals surface area (Å²) in [7, 11) is 0. The van der Waals surface area contributed by atoms with Crippen molar-refractivity contribution in [1.82, 2.24) is 10.2 Å². The van der Waals surface area contributed by atoms with E-state index in [4.69, 9.17) is 0 Å². The average molecular weight is 343 g/mol. The highest BCUT2D eigenvalue weighted by Crippen LogP contribution is 2.45. The largest absolute Gasteiger partial charge is 0.314 e. The van der Waals surface area contributed by atoms with E-state index in [1.54, 1.807) is 0 Å². The molecule has 120 valence electrons. The first-order chi connectivity index (χ1) is 9.16. The zero-order valence-corrected chi connectivity index (χ0v) is 13.1. The van der Waals surface area contributed by atoms with E-state index < -0.39 is 17.5 Å². The molecule has 2 fully saturated rings. The second-order valence-corrected chi connectivity index (χ2v) is 5.36. The third-order valence-electron chi connectivity index (χ3n) is 3.97. The quantitative estimate of drug-likeness (QED) is 0.848. The Hall–Kier alpha value is -0.490. The van der Waals surface area contributed by atoms with Crippen molar-refractivity contribution in [3.05, 3.63) is 35.1 Å². The van der Waals surface area contributed by atoms with Gasteiger partial charge in [-0.1, -0.05) is 0 Å². The zero-order valence-electron chi connectivity index (χ0n) is 11.4. The van der Waals surface area contributed by atoms with Crippen LogP contribution in [0.5, 0.6) is 0 Å². The van der Waals surface area contributed by atoms with Crippen LogP contribution < -0.4 is 5.32 Å². The Morgan fingerprint density at radius 2 is 1.52 bits per heavy atom. The Labute approximate surface area is 134 Å². The zero-order chi connectivity index (χ0) is 13.4. The van der Waals surface area contributed by atoms with Crippen LogP contribution in [0.2, 0.25) is 0 Å². The third kappa shape index (κ3) is 4.03. The van der Waals surface area contributed by atoms with Crippen molar-refractivity contribution in [3.8, 4) is 0 Å². The van der Waals surface area contributed by atoms with Gasteiger partial charge in [-0.15, -0.1) is 24.8 Å². The highest BCUT2D eigenvalue weighted by atomic mass is 35.5. The van der Waals surface area contributed by atoms with Crippen LogP contribution in [0.15, 0.2) is 12.1 Å². The van der Waals surface area contributed by atoms with E-state index in [0.717, 1.165) is 45.1 Å². The molecular weight excluding hydrogens is 324 g/mol. The summed E-state index contributed by atoms with van der Waals surface area (Å²) in [5.41, 5.74) is 0.309. The maximum absolute atomic E-state index is 14.0. The molecule has 1 aliphatic carbocycles. The van der Waals surface area contributed by atoms with Crippen LogP contribution in [0.4, 0.5) is 13.2 Å². The molecule has 1 atom stereocenters. The molecule has 0 spiro atoms. The molecule has 0 aromatic heterocycles. The first kappa shape index (κ1) is 18.6. The summed E-state index contributed by atoms with van der Waals surface area (Å²) in [6.07, 6.45) is 2.07. The van der Waals surface area contributed by atoms with E-state index in [9.17, 15) is 13.2 Å². The monoisotopic (exact) mass is 342 g/mol. The fourth-order valence-electron chi connectivity index (χ4n) is 2.89. The first-order valence-corrected chi connectivity index (χ1v) is 6.76. The van der Waals surface area contributed by atoms with Gasteiger partial charge in [0.25, 0.3) is 0 Å². The lowest BCUT2D eigenvalue weighted by Gasteiger charge is -2.35. The number of hydrogen-bond donors (Lipinski definition) is 1. The van der Waals surface area contributed by atoms with Gasteiger partial charge in [-0.25, -0.2) is 13.2 Å². The number of halogens is 5. The normalized spacial score (nSPS) is 20.3. The van der Waals surface area contributed by atoms with Crippen molar-refractivity contribution >= 4 is 24.8 Å². The number of nitrogens with one attached hydrogen (secondary N) is 1. The molecule has 2 nitrogen and oxygen atoms in total. The van der Waals surface area contributed by atoms with Crippen LogP contribution in [-0.2, 0) is 0 Å². The molecule has 0 bridgehead atoms. The smallest absolute Gasteiger partial charge is 0.161 e. The van der Waals surface area contributed by atoms with Crippen LogP contribution >= 0.6 is 24.8 Å². The Morgan fingerprint density at radius 1 is 0.952 bits per heavy atom. The van der Waals surface area contributed by atoms with Gasteiger partial charge in [0, 0.05) is 43.9 Å². The minimum atomic E-state index is -1.11. The summed E-state index contributed by atoms with van der Waals surface area (Å²) in [4.78, 5) is 2.18. The SMILES string of the molecule is Cl.Cl.Fc1cc(F)c([C@H](C2CC2)N2CCNCC2)cc1F. The Morgan fingerprint density at radius 3 is 2.10 bits per heavy atom. The van der Waals surface area contributed by atoms with E-state index in [-0.39, 0.29) is 30.9 Å². The Balaban J connectivity index is 0.00000110. The van der Waals surface area contributed by atoms with Gasteiger partial charge < -0.3 is 5.32 Å². The lowest BCUT2D eigenvalue weighted by molar-refractivity contribution is 0.152. The van der Waals surface area contributed by atoms with Crippen molar-refractivity contribution in [3.63, 3.8) is 0 Å². The highest BCUT2D eigenvalue weighted by molar-refractivity contribution is 5.85. The predicted octanol–water partition coefficient (Wildman–Crippen LogP) is 3.30. The van der Waals surface area contributed by atoms with Gasteiger partial charge >= 0.3 is 0 Å². The van der Waals surface area contributed by atoms with Gasteiger partial charge in [-0.05, 0) is 24.8 Å². The molecule has 1 saturated carbocycles. The number of nitrogens with zero attached hydrogens (tertiary/aromatic N) is 1. The molecule has 0 unspecified atom stereocenters. The Bertz CT molecular complexity index is 478. The molecule has 1 aromatic carbocycles. The molecule has 1 heterocycles.